The second-order valence-corrected chi connectivity index (χ2v) is 6.51. The molecule has 0 aromatic heterocycles. The number of benzene rings is 2. The molecule has 2 heteroatoms. The van der Waals surface area contributed by atoms with Crippen LogP contribution in [-0.4, -0.2) is 11.7 Å². The molecule has 1 atom stereocenters. The van der Waals surface area contributed by atoms with Crippen LogP contribution in [0.15, 0.2) is 48.5 Å². The molecule has 0 bridgehead atoms. The van der Waals surface area contributed by atoms with Crippen molar-refractivity contribution in [3.63, 3.8) is 0 Å². The van der Waals surface area contributed by atoms with E-state index < -0.39 is 0 Å². The summed E-state index contributed by atoms with van der Waals surface area (Å²) in [5.74, 6) is 0. The Bertz CT molecular complexity index is 619. The third-order valence-electron chi connectivity index (χ3n) is 4.56. The molecule has 0 amide bonds. The number of aliphatic hydroxyl groups excluding tert-OH is 1. The number of fused-ring (bicyclic) bond motifs is 1. The van der Waals surface area contributed by atoms with Gasteiger partial charge in [-0.1, -0.05) is 56.3 Å². The highest BCUT2D eigenvalue weighted by atomic mass is 16.3. The third kappa shape index (κ3) is 2.68. The van der Waals surface area contributed by atoms with Crippen LogP contribution in [0.4, 0.5) is 5.69 Å². The lowest BCUT2D eigenvalue weighted by molar-refractivity contribution is 0.276. The van der Waals surface area contributed by atoms with E-state index in [1.807, 2.05) is 18.2 Å². The van der Waals surface area contributed by atoms with E-state index in [-0.39, 0.29) is 18.1 Å². The zero-order valence-corrected chi connectivity index (χ0v) is 12.8. The number of rotatable bonds is 4. The Morgan fingerprint density at radius 1 is 1.10 bits per heavy atom. The standard InChI is InChI=1S/C19H23NO/c1-19(2)12-11-15-9-6-10-16(18(15)19)20-17(13-21)14-7-4-3-5-8-14/h3-10,17,20-21H,11-13H2,1-2H3/t17-/m0/s1. The smallest absolute Gasteiger partial charge is 0.0745 e. The van der Waals surface area contributed by atoms with Crippen LogP contribution < -0.4 is 5.32 Å². The lowest BCUT2D eigenvalue weighted by atomic mass is 9.85. The fraction of sp³-hybridized carbons (Fsp3) is 0.368. The molecule has 1 aliphatic carbocycles. The van der Waals surface area contributed by atoms with Crippen molar-refractivity contribution in [2.45, 2.75) is 38.1 Å². The van der Waals surface area contributed by atoms with E-state index in [1.165, 1.54) is 17.5 Å². The fourth-order valence-electron chi connectivity index (χ4n) is 3.41. The zero-order chi connectivity index (χ0) is 14.9. The van der Waals surface area contributed by atoms with Crippen LogP contribution in [0.3, 0.4) is 0 Å². The van der Waals surface area contributed by atoms with Gasteiger partial charge in [0.1, 0.15) is 0 Å². The topological polar surface area (TPSA) is 32.3 Å². The molecule has 0 saturated heterocycles. The molecule has 0 heterocycles. The van der Waals surface area contributed by atoms with Crippen LogP contribution in [0.2, 0.25) is 0 Å². The lowest BCUT2D eigenvalue weighted by Gasteiger charge is -2.26. The van der Waals surface area contributed by atoms with Crippen molar-refractivity contribution < 1.29 is 5.11 Å². The van der Waals surface area contributed by atoms with Gasteiger partial charge in [0, 0.05) is 5.69 Å². The molecule has 0 aliphatic heterocycles. The van der Waals surface area contributed by atoms with Crippen LogP contribution in [0.5, 0.6) is 0 Å². The van der Waals surface area contributed by atoms with Crippen LogP contribution in [-0.2, 0) is 11.8 Å². The van der Waals surface area contributed by atoms with Gasteiger partial charge in [-0.05, 0) is 41.0 Å². The molecule has 110 valence electrons. The Kier molecular flexibility index (Phi) is 3.73. The highest BCUT2D eigenvalue weighted by molar-refractivity contribution is 5.61. The number of hydrogen-bond donors (Lipinski definition) is 2. The van der Waals surface area contributed by atoms with Crippen LogP contribution in [0.1, 0.15) is 43.0 Å². The van der Waals surface area contributed by atoms with Gasteiger partial charge in [-0.3, -0.25) is 0 Å². The van der Waals surface area contributed by atoms with Gasteiger partial charge >= 0.3 is 0 Å². The minimum absolute atomic E-state index is 0.0610. The lowest BCUT2D eigenvalue weighted by Crippen LogP contribution is -2.19. The first-order chi connectivity index (χ1) is 10.1. The predicted octanol–water partition coefficient (Wildman–Crippen LogP) is 4.06. The van der Waals surface area contributed by atoms with E-state index in [0.717, 1.165) is 17.7 Å². The predicted molar refractivity (Wildman–Crippen MR) is 87.7 cm³/mol. The van der Waals surface area contributed by atoms with Crippen molar-refractivity contribution in [3.05, 3.63) is 65.2 Å². The molecule has 21 heavy (non-hydrogen) atoms. The summed E-state index contributed by atoms with van der Waals surface area (Å²) in [5.41, 5.74) is 5.34. The van der Waals surface area contributed by atoms with Crippen molar-refractivity contribution in [2.24, 2.45) is 0 Å². The SMILES string of the molecule is CC1(C)CCc2cccc(N[C@@H](CO)c3ccccc3)c21. The first kappa shape index (κ1) is 14.2. The highest BCUT2D eigenvalue weighted by Crippen LogP contribution is 2.43. The van der Waals surface area contributed by atoms with Crippen molar-refractivity contribution in [3.8, 4) is 0 Å². The maximum Gasteiger partial charge on any atom is 0.0745 e. The largest absolute Gasteiger partial charge is 0.394 e. The molecule has 0 fully saturated rings. The van der Waals surface area contributed by atoms with Gasteiger partial charge in [-0.15, -0.1) is 0 Å². The van der Waals surface area contributed by atoms with Crippen molar-refractivity contribution in [1.29, 1.82) is 0 Å². The Balaban J connectivity index is 1.94. The van der Waals surface area contributed by atoms with E-state index in [1.54, 1.807) is 0 Å². The first-order valence-electron chi connectivity index (χ1n) is 7.66. The summed E-state index contributed by atoms with van der Waals surface area (Å²) in [6.07, 6.45) is 2.34. The summed E-state index contributed by atoms with van der Waals surface area (Å²) in [4.78, 5) is 0. The van der Waals surface area contributed by atoms with Gasteiger partial charge in [0.15, 0.2) is 0 Å². The number of anilines is 1. The molecule has 1 aliphatic rings. The van der Waals surface area contributed by atoms with Crippen LogP contribution in [0.25, 0.3) is 0 Å². The molecule has 2 N–H and O–H groups in total. The summed E-state index contributed by atoms with van der Waals surface area (Å²) in [5, 5.41) is 13.3. The molecule has 2 aromatic carbocycles. The second-order valence-electron chi connectivity index (χ2n) is 6.51. The van der Waals surface area contributed by atoms with Gasteiger partial charge in [0.2, 0.25) is 0 Å². The maximum atomic E-state index is 9.76. The summed E-state index contributed by atoms with van der Waals surface area (Å²) in [6, 6.07) is 16.6. The van der Waals surface area contributed by atoms with E-state index in [2.05, 4.69) is 49.5 Å². The monoisotopic (exact) mass is 281 g/mol. The maximum absolute atomic E-state index is 9.76. The Morgan fingerprint density at radius 2 is 1.86 bits per heavy atom. The van der Waals surface area contributed by atoms with E-state index in [4.69, 9.17) is 0 Å². The molecule has 0 unspecified atom stereocenters. The summed E-state index contributed by atoms with van der Waals surface area (Å²) < 4.78 is 0. The van der Waals surface area contributed by atoms with E-state index in [9.17, 15) is 5.11 Å². The average Bonchev–Trinajstić information content (AvgIpc) is 2.82. The highest BCUT2D eigenvalue weighted by Gasteiger charge is 2.32. The van der Waals surface area contributed by atoms with Gasteiger partial charge in [-0.25, -0.2) is 0 Å². The van der Waals surface area contributed by atoms with Crippen LogP contribution >= 0.6 is 0 Å². The fourth-order valence-corrected chi connectivity index (χ4v) is 3.41. The second kappa shape index (κ2) is 5.53. The van der Waals surface area contributed by atoms with E-state index in [0.29, 0.717) is 0 Å². The molecule has 2 aromatic rings. The van der Waals surface area contributed by atoms with E-state index >= 15 is 0 Å². The molecule has 2 nitrogen and oxygen atoms in total. The molecule has 0 saturated carbocycles. The zero-order valence-electron chi connectivity index (χ0n) is 12.8. The third-order valence-corrected chi connectivity index (χ3v) is 4.56. The Labute approximate surface area is 126 Å². The van der Waals surface area contributed by atoms with Gasteiger partial charge in [0.25, 0.3) is 0 Å². The van der Waals surface area contributed by atoms with Crippen molar-refractivity contribution in [1.82, 2.24) is 0 Å². The van der Waals surface area contributed by atoms with Gasteiger partial charge in [0.05, 0.1) is 12.6 Å². The first-order valence-corrected chi connectivity index (χ1v) is 7.66. The van der Waals surface area contributed by atoms with Gasteiger partial charge in [-0.2, -0.15) is 0 Å². The van der Waals surface area contributed by atoms with Crippen molar-refractivity contribution >= 4 is 5.69 Å². The Morgan fingerprint density at radius 3 is 2.57 bits per heavy atom. The summed E-state index contributed by atoms with van der Waals surface area (Å²) >= 11 is 0. The van der Waals surface area contributed by atoms with Crippen LogP contribution in [0, 0.1) is 0 Å². The quantitative estimate of drug-likeness (QED) is 0.886. The summed E-state index contributed by atoms with van der Waals surface area (Å²) in [6.45, 7) is 4.70. The molecule has 0 spiro atoms. The molecular formula is C19H23NO. The molecular weight excluding hydrogens is 258 g/mol. The van der Waals surface area contributed by atoms with Gasteiger partial charge < -0.3 is 10.4 Å². The number of hydrogen-bond acceptors (Lipinski definition) is 2. The minimum atomic E-state index is -0.0610. The molecule has 0 radical (unpaired) electrons. The molecule has 3 rings (SSSR count). The number of aryl methyl sites for hydroxylation is 1. The average molecular weight is 281 g/mol. The number of aliphatic hydroxyl groups is 1. The minimum Gasteiger partial charge on any atom is -0.394 e. The Hall–Kier alpha value is -1.80. The summed E-state index contributed by atoms with van der Waals surface area (Å²) in [7, 11) is 0. The van der Waals surface area contributed by atoms with Crippen molar-refractivity contribution in [2.75, 3.05) is 11.9 Å². The number of nitrogens with one attached hydrogen (secondary N) is 1. The normalized spacial score (nSPS) is 17.3.